The summed E-state index contributed by atoms with van der Waals surface area (Å²) in [5, 5.41) is 7.54. The molecule has 3 aromatic rings. The van der Waals surface area contributed by atoms with Crippen LogP contribution in [0.4, 0.5) is 18.9 Å². The van der Waals surface area contributed by atoms with Gasteiger partial charge in [0.1, 0.15) is 5.75 Å². The Hall–Kier alpha value is -3.33. The fraction of sp³-hybridized carbons (Fsp3) is 0.385. The number of amides is 1. The molecule has 0 saturated carbocycles. The number of benzene rings is 2. The van der Waals surface area contributed by atoms with Gasteiger partial charge in [-0.05, 0) is 70.5 Å². The molecule has 1 aromatic heterocycles. The number of halogens is 3. The lowest BCUT2D eigenvalue weighted by atomic mass is 10.1. The molecule has 1 heterocycles. The summed E-state index contributed by atoms with van der Waals surface area (Å²) in [7, 11) is 1.81. The van der Waals surface area contributed by atoms with Crippen LogP contribution in [0.25, 0.3) is 5.69 Å². The molecule has 188 valence electrons. The second-order valence-corrected chi connectivity index (χ2v) is 8.98. The van der Waals surface area contributed by atoms with E-state index in [0.717, 1.165) is 28.2 Å². The Morgan fingerprint density at radius 2 is 1.66 bits per heavy atom. The van der Waals surface area contributed by atoms with Gasteiger partial charge in [0.05, 0.1) is 29.3 Å². The first kappa shape index (κ1) is 26.3. The van der Waals surface area contributed by atoms with Gasteiger partial charge in [-0.25, -0.2) is 4.68 Å². The number of nitrogens with zero attached hydrogens (tertiary/aromatic N) is 3. The van der Waals surface area contributed by atoms with E-state index in [1.54, 1.807) is 26.0 Å². The number of aryl methyl sites for hydroxylation is 4. The number of carbonyl (C=O) groups excluding carboxylic acids is 1. The maximum Gasteiger partial charge on any atom is 0.422 e. The van der Waals surface area contributed by atoms with Crippen LogP contribution >= 0.6 is 0 Å². The van der Waals surface area contributed by atoms with E-state index in [-0.39, 0.29) is 18.2 Å². The highest BCUT2D eigenvalue weighted by molar-refractivity contribution is 5.93. The zero-order valence-corrected chi connectivity index (χ0v) is 20.9. The SMILES string of the molecule is Cc1ccc(-n2nc(C)c(NC(=O)CN(C)Cc3cc(C)c(OCC(F)(F)F)c(C)c3)c2C)cc1. The van der Waals surface area contributed by atoms with Crippen LogP contribution in [-0.4, -0.2) is 47.0 Å². The van der Waals surface area contributed by atoms with E-state index >= 15 is 0 Å². The lowest BCUT2D eigenvalue weighted by Crippen LogP contribution is -2.30. The third kappa shape index (κ3) is 6.85. The molecule has 0 bridgehead atoms. The monoisotopic (exact) mass is 488 g/mol. The van der Waals surface area contributed by atoms with Gasteiger partial charge in [-0.2, -0.15) is 18.3 Å². The molecule has 0 aliphatic rings. The number of alkyl halides is 3. The van der Waals surface area contributed by atoms with Crippen molar-refractivity contribution in [2.24, 2.45) is 0 Å². The highest BCUT2D eigenvalue weighted by atomic mass is 19.4. The minimum atomic E-state index is -4.39. The predicted molar refractivity (Wildman–Crippen MR) is 130 cm³/mol. The van der Waals surface area contributed by atoms with Crippen molar-refractivity contribution in [3.63, 3.8) is 0 Å². The molecule has 0 radical (unpaired) electrons. The Kier molecular flexibility index (Phi) is 7.90. The standard InChI is InChI=1S/C26H31F3N4O2/c1-16-7-9-22(10-8-16)33-20(5)24(19(4)31-33)30-23(34)14-32(6)13-21-11-17(2)25(18(3)12-21)35-15-26(27,28)29/h7-12H,13-15H2,1-6H3,(H,30,34). The molecule has 0 aliphatic heterocycles. The summed E-state index contributed by atoms with van der Waals surface area (Å²) in [6.07, 6.45) is -4.39. The van der Waals surface area contributed by atoms with Gasteiger partial charge in [0, 0.05) is 6.54 Å². The average molecular weight is 489 g/mol. The number of anilines is 1. The number of carbonyl (C=O) groups is 1. The van der Waals surface area contributed by atoms with Gasteiger partial charge in [-0.1, -0.05) is 29.8 Å². The first-order chi connectivity index (χ1) is 16.3. The van der Waals surface area contributed by atoms with E-state index < -0.39 is 12.8 Å². The Morgan fingerprint density at radius 1 is 1.06 bits per heavy atom. The van der Waals surface area contributed by atoms with E-state index in [1.807, 2.05) is 61.7 Å². The van der Waals surface area contributed by atoms with Crippen molar-refractivity contribution in [3.8, 4) is 11.4 Å². The second kappa shape index (κ2) is 10.5. The van der Waals surface area contributed by atoms with Crippen LogP contribution in [0.1, 0.15) is 33.6 Å². The van der Waals surface area contributed by atoms with Gasteiger partial charge < -0.3 is 10.1 Å². The van der Waals surface area contributed by atoms with E-state index in [0.29, 0.717) is 23.4 Å². The van der Waals surface area contributed by atoms with Crippen molar-refractivity contribution in [2.45, 2.75) is 47.3 Å². The average Bonchev–Trinajstić information content (AvgIpc) is 3.01. The van der Waals surface area contributed by atoms with Crippen molar-refractivity contribution in [2.75, 3.05) is 25.5 Å². The second-order valence-electron chi connectivity index (χ2n) is 8.98. The fourth-order valence-electron chi connectivity index (χ4n) is 4.07. The summed E-state index contributed by atoms with van der Waals surface area (Å²) in [6.45, 7) is 8.48. The molecule has 35 heavy (non-hydrogen) atoms. The van der Waals surface area contributed by atoms with Crippen LogP contribution < -0.4 is 10.1 Å². The summed E-state index contributed by atoms with van der Waals surface area (Å²) < 4.78 is 44.3. The summed E-state index contributed by atoms with van der Waals surface area (Å²) in [5.41, 5.74) is 6.44. The summed E-state index contributed by atoms with van der Waals surface area (Å²) in [6, 6.07) is 11.6. The third-order valence-corrected chi connectivity index (χ3v) is 5.60. The molecule has 0 atom stereocenters. The number of hydrogen-bond donors (Lipinski definition) is 1. The first-order valence-corrected chi connectivity index (χ1v) is 11.3. The van der Waals surface area contributed by atoms with Crippen molar-refractivity contribution in [1.82, 2.24) is 14.7 Å². The van der Waals surface area contributed by atoms with Crippen LogP contribution in [0.3, 0.4) is 0 Å². The van der Waals surface area contributed by atoms with Crippen molar-refractivity contribution in [1.29, 1.82) is 0 Å². The molecule has 1 N–H and O–H groups in total. The molecular weight excluding hydrogens is 457 g/mol. The van der Waals surface area contributed by atoms with Gasteiger partial charge in [0.25, 0.3) is 0 Å². The van der Waals surface area contributed by atoms with Gasteiger partial charge in [0.15, 0.2) is 6.61 Å². The van der Waals surface area contributed by atoms with E-state index in [9.17, 15) is 18.0 Å². The van der Waals surface area contributed by atoms with Gasteiger partial charge in [0.2, 0.25) is 5.91 Å². The Balaban J connectivity index is 1.64. The number of rotatable bonds is 8. The van der Waals surface area contributed by atoms with E-state index in [1.165, 1.54) is 0 Å². The Bertz CT molecular complexity index is 1180. The highest BCUT2D eigenvalue weighted by Gasteiger charge is 2.29. The van der Waals surface area contributed by atoms with Crippen LogP contribution in [0.2, 0.25) is 0 Å². The maximum absolute atomic E-state index is 12.8. The highest BCUT2D eigenvalue weighted by Crippen LogP contribution is 2.28. The van der Waals surface area contributed by atoms with Crippen molar-refractivity contribution >= 4 is 11.6 Å². The van der Waals surface area contributed by atoms with E-state index in [4.69, 9.17) is 4.74 Å². The molecule has 0 aliphatic carbocycles. The topological polar surface area (TPSA) is 59.4 Å². The Labute approximate surface area is 203 Å². The molecule has 3 rings (SSSR count). The molecule has 0 unspecified atom stereocenters. The summed E-state index contributed by atoms with van der Waals surface area (Å²) in [5.74, 6) is 0.0590. The largest absolute Gasteiger partial charge is 0.484 e. The quantitative estimate of drug-likeness (QED) is 0.460. The van der Waals surface area contributed by atoms with Crippen LogP contribution in [-0.2, 0) is 11.3 Å². The third-order valence-electron chi connectivity index (χ3n) is 5.60. The molecule has 0 spiro atoms. The van der Waals surface area contributed by atoms with Crippen molar-refractivity contribution in [3.05, 3.63) is 70.0 Å². The van der Waals surface area contributed by atoms with E-state index in [2.05, 4.69) is 10.4 Å². The van der Waals surface area contributed by atoms with Crippen molar-refractivity contribution < 1.29 is 22.7 Å². The van der Waals surface area contributed by atoms with Gasteiger partial charge >= 0.3 is 6.18 Å². The number of aromatic nitrogens is 2. The smallest absolute Gasteiger partial charge is 0.422 e. The lowest BCUT2D eigenvalue weighted by Gasteiger charge is -2.19. The molecular formula is C26H31F3N4O2. The normalized spacial score (nSPS) is 11.7. The van der Waals surface area contributed by atoms with Crippen LogP contribution in [0.15, 0.2) is 36.4 Å². The molecule has 2 aromatic carbocycles. The van der Waals surface area contributed by atoms with Gasteiger partial charge in [-0.3, -0.25) is 9.69 Å². The number of ether oxygens (including phenoxy) is 1. The van der Waals surface area contributed by atoms with Crippen LogP contribution in [0.5, 0.6) is 5.75 Å². The first-order valence-electron chi connectivity index (χ1n) is 11.3. The van der Waals surface area contributed by atoms with Crippen LogP contribution in [0, 0.1) is 34.6 Å². The van der Waals surface area contributed by atoms with Gasteiger partial charge in [-0.15, -0.1) is 0 Å². The summed E-state index contributed by atoms with van der Waals surface area (Å²) in [4.78, 5) is 14.6. The predicted octanol–water partition coefficient (Wildman–Crippen LogP) is 5.43. The fourth-order valence-corrected chi connectivity index (χ4v) is 4.07. The minimum absolute atomic E-state index is 0.138. The molecule has 1 amide bonds. The number of hydrogen-bond acceptors (Lipinski definition) is 4. The molecule has 9 heteroatoms. The molecule has 6 nitrogen and oxygen atoms in total. The zero-order chi connectivity index (χ0) is 25.9. The minimum Gasteiger partial charge on any atom is -0.484 e. The molecule has 0 saturated heterocycles. The summed E-state index contributed by atoms with van der Waals surface area (Å²) >= 11 is 0. The number of likely N-dealkylation sites (N-methyl/N-ethyl adjacent to an activating group) is 1. The molecule has 0 fully saturated rings. The zero-order valence-electron chi connectivity index (χ0n) is 20.9. The lowest BCUT2D eigenvalue weighted by molar-refractivity contribution is -0.153. The maximum atomic E-state index is 12.8. The Morgan fingerprint density at radius 3 is 2.23 bits per heavy atom. The number of nitrogens with one attached hydrogen (secondary N) is 1.